The van der Waals surface area contributed by atoms with Crippen LogP contribution in [0.3, 0.4) is 0 Å². The molecule has 3 aromatic carbocycles. The van der Waals surface area contributed by atoms with Crippen molar-refractivity contribution in [2.45, 2.75) is 65.1 Å². The maximum atomic E-state index is 11.4. The minimum atomic E-state index is -0.736. The molecule has 1 unspecified atom stereocenters. The van der Waals surface area contributed by atoms with E-state index in [1.807, 2.05) is 18.5 Å². The van der Waals surface area contributed by atoms with Gasteiger partial charge in [0.25, 0.3) is 0 Å². The van der Waals surface area contributed by atoms with E-state index in [9.17, 15) is 9.90 Å². The van der Waals surface area contributed by atoms with Crippen molar-refractivity contribution < 1.29 is 14.6 Å². The number of ether oxygens (including phenoxy) is 1. The average molecular weight is 658 g/mol. The van der Waals surface area contributed by atoms with Gasteiger partial charge in [0.2, 0.25) is 0 Å². The molecule has 1 fully saturated rings. The molecule has 8 nitrogen and oxygen atoms in total. The average Bonchev–Trinajstić information content (AvgIpc) is 3.09. The molecule has 2 aromatic heterocycles. The summed E-state index contributed by atoms with van der Waals surface area (Å²) in [6.07, 6.45) is 7.95. The largest absolute Gasteiger partial charge is 0.493 e. The Kier molecular flexibility index (Phi) is 11.2. The van der Waals surface area contributed by atoms with Crippen molar-refractivity contribution in [2.24, 2.45) is 0 Å². The van der Waals surface area contributed by atoms with Gasteiger partial charge in [-0.3, -0.25) is 14.7 Å². The van der Waals surface area contributed by atoms with Gasteiger partial charge >= 0.3 is 5.97 Å². The minimum Gasteiger partial charge on any atom is -0.493 e. The second-order valence-corrected chi connectivity index (χ2v) is 13.3. The lowest BCUT2D eigenvalue weighted by Gasteiger charge is -2.34. The van der Waals surface area contributed by atoms with Gasteiger partial charge in [-0.2, -0.15) is 0 Å². The predicted octanol–water partition coefficient (Wildman–Crippen LogP) is 8.39. The number of carboxylic acid groups (broad SMARTS) is 1. The van der Waals surface area contributed by atoms with Crippen molar-refractivity contribution in [3.63, 3.8) is 0 Å². The summed E-state index contributed by atoms with van der Waals surface area (Å²) in [4.78, 5) is 25.6. The van der Waals surface area contributed by atoms with Crippen molar-refractivity contribution in [3.8, 4) is 16.9 Å². The summed E-state index contributed by atoms with van der Waals surface area (Å²) in [6, 6.07) is 27.4. The lowest BCUT2D eigenvalue weighted by Crippen LogP contribution is -2.40. The van der Waals surface area contributed by atoms with Crippen LogP contribution in [-0.2, 0) is 17.9 Å². The number of aliphatic carboxylic acids is 1. The molecule has 0 bridgehead atoms. The number of nitrogens with one attached hydrogen (secondary N) is 1. The van der Waals surface area contributed by atoms with Crippen LogP contribution in [0.25, 0.3) is 22.0 Å². The van der Waals surface area contributed by atoms with Crippen LogP contribution in [0.1, 0.15) is 54.4 Å². The second-order valence-electron chi connectivity index (χ2n) is 13.3. The van der Waals surface area contributed by atoms with Crippen molar-refractivity contribution >= 4 is 28.4 Å². The van der Waals surface area contributed by atoms with Gasteiger partial charge < -0.3 is 20.1 Å². The van der Waals surface area contributed by atoms with Gasteiger partial charge in [-0.1, -0.05) is 61.0 Å². The summed E-state index contributed by atoms with van der Waals surface area (Å²) in [5, 5.41) is 14.0. The Hall–Kier alpha value is -4.79. The zero-order valence-electron chi connectivity index (χ0n) is 28.9. The Morgan fingerprint density at radius 3 is 2.57 bits per heavy atom. The van der Waals surface area contributed by atoms with Gasteiger partial charge in [0, 0.05) is 49.1 Å². The van der Waals surface area contributed by atoms with Crippen LogP contribution in [0.15, 0.2) is 91.3 Å². The highest BCUT2D eigenvalue weighted by Crippen LogP contribution is 2.36. The molecule has 2 N–H and O–H groups in total. The van der Waals surface area contributed by atoms with E-state index in [0.717, 1.165) is 95.5 Å². The van der Waals surface area contributed by atoms with Crippen molar-refractivity contribution in [1.29, 1.82) is 0 Å². The molecule has 0 radical (unpaired) electrons. The zero-order valence-corrected chi connectivity index (χ0v) is 28.9. The molecular weight excluding hydrogens is 610 g/mol. The maximum absolute atomic E-state index is 11.4. The molecule has 0 saturated carbocycles. The SMILES string of the molecule is Cc1c(Nc2nccc3cc(CN4CCCCC4CC(=O)O)cnc23)cccc1-c1cccc(OCCCN(C)Cc2ccccc2)c1C. The van der Waals surface area contributed by atoms with Crippen molar-refractivity contribution in [3.05, 3.63) is 114 Å². The fourth-order valence-corrected chi connectivity index (χ4v) is 6.96. The number of rotatable bonds is 14. The molecule has 0 aliphatic carbocycles. The lowest BCUT2D eigenvalue weighted by molar-refractivity contribution is -0.138. The molecule has 1 aliphatic rings. The molecule has 1 aliphatic heterocycles. The van der Waals surface area contributed by atoms with E-state index < -0.39 is 5.97 Å². The number of benzene rings is 3. The van der Waals surface area contributed by atoms with Crippen molar-refractivity contribution in [2.75, 3.05) is 32.1 Å². The Balaban J connectivity index is 1.13. The molecule has 3 heterocycles. The molecule has 5 aromatic rings. The molecule has 1 atom stereocenters. The third-order valence-corrected chi connectivity index (χ3v) is 9.60. The number of aromatic nitrogens is 2. The summed E-state index contributed by atoms with van der Waals surface area (Å²) in [6.45, 7) is 8.43. The van der Waals surface area contributed by atoms with Gasteiger partial charge in [-0.05, 0) is 104 Å². The zero-order chi connectivity index (χ0) is 34.2. The van der Waals surface area contributed by atoms with E-state index in [1.165, 1.54) is 5.56 Å². The Morgan fingerprint density at radius 1 is 0.959 bits per heavy atom. The third-order valence-electron chi connectivity index (χ3n) is 9.60. The fraction of sp³-hybridized carbons (Fsp3) is 0.341. The number of anilines is 2. The van der Waals surface area contributed by atoms with Crippen LogP contribution in [0.2, 0.25) is 0 Å². The number of nitrogens with zero attached hydrogens (tertiary/aromatic N) is 4. The van der Waals surface area contributed by atoms with Crippen molar-refractivity contribution in [1.82, 2.24) is 19.8 Å². The lowest BCUT2D eigenvalue weighted by atomic mass is 9.95. The summed E-state index contributed by atoms with van der Waals surface area (Å²) < 4.78 is 6.30. The van der Waals surface area contributed by atoms with Gasteiger partial charge in [-0.25, -0.2) is 4.98 Å². The van der Waals surface area contributed by atoms with Gasteiger partial charge in [-0.15, -0.1) is 0 Å². The van der Waals surface area contributed by atoms with E-state index in [4.69, 9.17) is 9.72 Å². The quantitative estimate of drug-likeness (QED) is 0.115. The number of likely N-dealkylation sites (tertiary alicyclic amines) is 1. The van der Waals surface area contributed by atoms with E-state index in [2.05, 4.69) is 114 Å². The van der Waals surface area contributed by atoms with E-state index in [0.29, 0.717) is 19.0 Å². The van der Waals surface area contributed by atoms with Crippen LogP contribution < -0.4 is 10.1 Å². The number of carboxylic acids is 1. The second kappa shape index (κ2) is 16.1. The molecule has 6 rings (SSSR count). The monoisotopic (exact) mass is 657 g/mol. The first kappa shape index (κ1) is 34.1. The summed E-state index contributed by atoms with van der Waals surface area (Å²) >= 11 is 0. The Morgan fingerprint density at radius 2 is 1.76 bits per heavy atom. The Labute approximate surface area is 289 Å². The number of hydrogen-bond acceptors (Lipinski definition) is 7. The molecule has 0 amide bonds. The fourth-order valence-electron chi connectivity index (χ4n) is 6.96. The molecular formula is C41H47N5O3. The summed E-state index contributed by atoms with van der Waals surface area (Å²) in [7, 11) is 2.15. The molecule has 1 saturated heterocycles. The molecule has 8 heteroatoms. The summed E-state index contributed by atoms with van der Waals surface area (Å²) in [5.74, 6) is 0.882. The smallest absolute Gasteiger partial charge is 0.304 e. The number of carbonyl (C=O) groups is 1. The number of piperidine rings is 1. The highest BCUT2D eigenvalue weighted by molar-refractivity contribution is 5.91. The van der Waals surface area contributed by atoms with Gasteiger partial charge in [0.05, 0.1) is 13.0 Å². The molecule has 49 heavy (non-hydrogen) atoms. The molecule has 0 spiro atoms. The van der Waals surface area contributed by atoms with Crippen LogP contribution in [0.4, 0.5) is 11.5 Å². The third kappa shape index (κ3) is 8.63. The maximum Gasteiger partial charge on any atom is 0.304 e. The number of hydrogen-bond donors (Lipinski definition) is 2. The first-order valence-electron chi connectivity index (χ1n) is 17.4. The van der Waals surface area contributed by atoms with Gasteiger partial charge in [0.15, 0.2) is 5.82 Å². The van der Waals surface area contributed by atoms with Crippen LogP contribution >= 0.6 is 0 Å². The standard InChI is InChI=1S/C41H47N5O3/c1-29-35(36-16-10-18-38(30(36)2)49-23-11-21-45(3)27-31-12-5-4-6-13-31)15-9-17-37(29)44-41-40-33(19-20-42-41)24-32(26-43-40)28-46-22-8-7-14-34(46)25-39(47)48/h4-6,9-10,12-13,15-20,24,26,34H,7-8,11,14,21-23,25,27-28H2,1-3H3,(H,42,44)(H,47,48). The highest BCUT2D eigenvalue weighted by Gasteiger charge is 2.25. The summed E-state index contributed by atoms with van der Waals surface area (Å²) in [5.41, 5.74) is 8.71. The highest BCUT2D eigenvalue weighted by atomic mass is 16.5. The van der Waals surface area contributed by atoms with Crippen LogP contribution in [0, 0.1) is 13.8 Å². The minimum absolute atomic E-state index is 0.0694. The normalized spacial score (nSPS) is 15.1. The Bertz CT molecular complexity index is 1880. The van der Waals surface area contributed by atoms with E-state index >= 15 is 0 Å². The van der Waals surface area contributed by atoms with E-state index in [1.54, 1.807) is 0 Å². The number of pyridine rings is 2. The first-order valence-corrected chi connectivity index (χ1v) is 17.4. The van der Waals surface area contributed by atoms with Crippen LogP contribution in [0.5, 0.6) is 5.75 Å². The first-order chi connectivity index (χ1) is 23.9. The predicted molar refractivity (Wildman–Crippen MR) is 197 cm³/mol. The van der Waals surface area contributed by atoms with E-state index in [-0.39, 0.29) is 12.5 Å². The van der Waals surface area contributed by atoms with Gasteiger partial charge in [0.1, 0.15) is 11.3 Å². The molecule has 254 valence electrons. The number of fused-ring (bicyclic) bond motifs is 1. The van der Waals surface area contributed by atoms with Crippen LogP contribution in [-0.4, -0.2) is 63.6 Å². The topological polar surface area (TPSA) is 90.8 Å².